The van der Waals surface area contributed by atoms with Crippen LogP contribution in [0.5, 0.6) is 0 Å². The van der Waals surface area contributed by atoms with Gasteiger partial charge in [0.05, 0.1) is 10.2 Å². The number of anilines is 1. The Labute approximate surface area is 96.6 Å². The Morgan fingerprint density at radius 3 is 2.94 bits per heavy atom. The minimum atomic E-state index is -0.398. The first-order valence-corrected chi connectivity index (χ1v) is 5.65. The van der Waals surface area contributed by atoms with Gasteiger partial charge >= 0.3 is 0 Å². The van der Waals surface area contributed by atoms with Crippen molar-refractivity contribution < 1.29 is 4.79 Å². The maximum atomic E-state index is 11.2. The molecule has 1 aromatic heterocycles. The van der Waals surface area contributed by atoms with Gasteiger partial charge in [0, 0.05) is 0 Å². The van der Waals surface area contributed by atoms with Crippen LogP contribution in [0.2, 0.25) is 0 Å². The van der Waals surface area contributed by atoms with Gasteiger partial charge in [-0.1, -0.05) is 23.5 Å². The van der Waals surface area contributed by atoms with Crippen molar-refractivity contribution in [3.63, 3.8) is 0 Å². The molecule has 0 spiro atoms. The second-order valence-corrected chi connectivity index (χ2v) is 4.39. The lowest BCUT2D eigenvalue weighted by molar-refractivity contribution is -0.121. The second kappa shape index (κ2) is 4.46. The lowest BCUT2D eigenvalue weighted by atomic mass is 10.3. The third kappa shape index (κ3) is 2.12. The topological polar surface area (TPSA) is 80.0 Å². The number of carbonyl (C=O) groups excluding carboxylic acids is 1. The molecule has 84 valence electrons. The molecular formula is C10H12N4OS. The van der Waals surface area contributed by atoms with Crippen molar-refractivity contribution in [1.29, 1.82) is 0 Å². The number of benzene rings is 1. The third-order valence-electron chi connectivity index (χ3n) is 2.17. The molecule has 1 amide bonds. The molecule has 1 aromatic carbocycles. The molecule has 16 heavy (non-hydrogen) atoms. The van der Waals surface area contributed by atoms with Crippen molar-refractivity contribution in [3.8, 4) is 0 Å². The molecule has 1 heterocycles. The van der Waals surface area contributed by atoms with E-state index in [1.54, 1.807) is 6.92 Å². The Morgan fingerprint density at radius 2 is 2.25 bits per heavy atom. The Morgan fingerprint density at radius 1 is 1.50 bits per heavy atom. The van der Waals surface area contributed by atoms with E-state index in [0.717, 1.165) is 15.3 Å². The van der Waals surface area contributed by atoms with Gasteiger partial charge < -0.3 is 5.32 Å². The molecule has 2 rings (SSSR count). The fourth-order valence-corrected chi connectivity index (χ4v) is 2.26. The highest BCUT2D eigenvalue weighted by atomic mass is 32.1. The van der Waals surface area contributed by atoms with E-state index in [0.29, 0.717) is 0 Å². The van der Waals surface area contributed by atoms with Gasteiger partial charge in [0.25, 0.3) is 5.91 Å². The van der Waals surface area contributed by atoms with Crippen molar-refractivity contribution in [2.75, 3.05) is 5.32 Å². The Kier molecular flexibility index (Phi) is 3.02. The van der Waals surface area contributed by atoms with Crippen LogP contribution in [0.3, 0.4) is 0 Å². The number of amides is 1. The number of nitrogens with two attached hydrogens (primary N) is 1. The average molecular weight is 236 g/mol. The number of aromatic nitrogens is 1. The number of fused-ring (bicyclic) bond motifs is 1. The largest absolute Gasteiger partial charge is 0.350 e. The van der Waals surface area contributed by atoms with Crippen LogP contribution in [0.1, 0.15) is 6.92 Å². The minimum Gasteiger partial charge on any atom is -0.350 e. The number of para-hydroxylation sites is 1. The van der Waals surface area contributed by atoms with Crippen LogP contribution < -0.4 is 16.6 Å². The summed E-state index contributed by atoms with van der Waals surface area (Å²) in [5, 5.41) is 3.72. The fourth-order valence-electron chi connectivity index (χ4n) is 1.31. The third-order valence-corrected chi connectivity index (χ3v) is 3.14. The predicted octanol–water partition coefficient (Wildman–Crippen LogP) is 1.09. The number of carbonyl (C=O) groups is 1. The number of hydrogen-bond donors (Lipinski definition) is 3. The maximum absolute atomic E-state index is 11.2. The Bertz CT molecular complexity index is 477. The highest BCUT2D eigenvalue weighted by molar-refractivity contribution is 7.22. The molecule has 4 N–H and O–H groups in total. The van der Waals surface area contributed by atoms with Gasteiger partial charge in [0.15, 0.2) is 5.13 Å². The van der Waals surface area contributed by atoms with E-state index in [1.165, 1.54) is 11.3 Å². The van der Waals surface area contributed by atoms with E-state index < -0.39 is 6.04 Å². The zero-order valence-electron chi connectivity index (χ0n) is 8.73. The summed E-state index contributed by atoms with van der Waals surface area (Å²) in [6, 6.07) is 7.42. The minimum absolute atomic E-state index is 0.265. The number of hydrogen-bond acceptors (Lipinski definition) is 5. The number of thiazole rings is 1. The molecule has 0 radical (unpaired) electrons. The van der Waals surface area contributed by atoms with Crippen molar-refractivity contribution in [2.24, 2.45) is 5.84 Å². The lowest BCUT2D eigenvalue weighted by Crippen LogP contribution is -2.41. The zero-order valence-corrected chi connectivity index (χ0v) is 9.54. The molecule has 1 unspecified atom stereocenters. The summed E-state index contributed by atoms with van der Waals surface area (Å²) in [6.45, 7) is 1.73. The number of nitrogens with zero attached hydrogens (tertiary/aromatic N) is 1. The highest BCUT2D eigenvalue weighted by Crippen LogP contribution is 2.25. The molecule has 1 atom stereocenters. The summed E-state index contributed by atoms with van der Waals surface area (Å²) >= 11 is 1.51. The fraction of sp³-hybridized carbons (Fsp3) is 0.200. The van der Waals surface area contributed by atoms with Crippen molar-refractivity contribution in [3.05, 3.63) is 24.3 Å². The van der Waals surface area contributed by atoms with Crippen LogP contribution in [0.15, 0.2) is 24.3 Å². The van der Waals surface area contributed by atoms with Gasteiger partial charge in [-0.15, -0.1) is 0 Å². The van der Waals surface area contributed by atoms with Gasteiger partial charge in [-0.25, -0.2) is 10.8 Å². The summed E-state index contributed by atoms with van der Waals surface area (Å²) in [5.74, 6) is 4.78. The number of nitrogens with one attached hydrogen (secondary N) is 2. The van der Waals surface area contributed by atoms with E-state index >= 15 is 0 Å². The van der Waals surface area contributed by atoms with Crippen LogP contribution >= 0.6 is 11.3 Å². The first-order chi connectivity index (χ1) is 7.70. The summed E-state index contributed by atoms with van der Waals surface area (Å²) in [5.41, 5.74) is 3.02. The van der Waals surface area contributed by atoms with E-state index in [2.05, 4.69) is 15.7 Å². The maximum Gasteiger partial charge on any atom is 0.256 e. The van der Waals surface area contributed by atoms with Gasteiger partial charge in [0.2, 0.25) is 0 Å². The molecule has 0 aliphatic rings. The van der Waals surface area contributed by atoms with E-state index in [9.17, 15) is 4.79 Å². The summed E-state index contributed by atoms with van der Waals surface area (Å²) < 4.78 is 1.09. The summed E-state index contributed by atoms with van der Waals surface area (Å²) in [7, 11) is 0. The molecule has 2 aromatic rings. The van der Waals surface area contributed by atoms with E-state index in [4.69, 9.17) is 5.84 Å². The average Bonchev–Trinajstić information content (AvgIpc) is 2.69. The van der Waals surface area contributed by atoms with E-state index in [-0.39, 0.29) is 5.91 Å². The second-order valence-electron chi connectivity index (χ2n) is 3.36. The van der Waals surface area contributed by atoms with Gasteiger partial charge in [-0.2, -0.15) is 0 Å². The number of rotatable bonds is 3. The van der Waals surface area contributed by atoms with Crippen LogP contribution in [-0.2, 0) is 4.79 Å². The molecule has 0 aliphatic carbocycles. The first-order valence-electron chi connectivity index (χ1n) is 4.83. The highest BCUT2D eigenvalue weighted by Gasteiger charge is 2.12. The predicted molar refractivity (Wildman–Crippen MR) is 65.0 cm³/mol. The SMILES string of the molecule is CC(Nc1nc2ccccc2s1)C(=O)NN. The molecule has 0 saturated carbocycles. The molecule has 5 nitrogen and oxygen atoms in total. The zero-order chi connectivity index (χ0) is 11.5. The molecule has 0 bridgehead atoms. The summed E-state index contributed by atoms with van der Waals surface area (Å²) in [6.07, 6.45) is 0. The Hall–Kier alpha value is -1.66. The van der Waals surface area contributed by atoms with Gasteiger partial charge in [-0.05, 0) is 19.1 Å². The van der Waals surface area contributed by atoms with Crippen molar-refractivity contribution in [2.45, 2.75) is 13.0 Å². The lowest BCUT2D eigenvalue weighted by Gasteiger charge is -2.09. The molecule has 0 saturated heterocycles. The van der Waals surface area contributed by atoms with Crippen LogP contribution in [0.25, 0.3) is 10.2 Å². The standard InChI is InChI=1S/C10H12N4OS/c1-6(9(15)14-11)12-10-13-7-4-2-3-5-8(7)16-10/h2-6H,11H2,1H3,(H,12,13)(H,14,15). The molecule has 6 heteroatoms. The van der Waals surface area contributed by atoms with Crippen LogP contribution in [-0.4, -0.2) is 16.9 Å². The van der Waals surface area contributed by atoms with E-state index in [1.807, 2.05) is 24.3 Å². The molecular weight excluding hydrogens is 224 g/mol. The normalized spacial score (nSPS) is 12.4. The monoisotopic (exact) mass is 236 g/mol. The van der Waals surface area contributed by atoms with Gasteiger partial charge in [-0.3, -0.25) is 10.2 Å². The van der Waals surface area contributed by atoms with Crippen LogP contribution in [0.4, 0.5) is 5.13 Å². The number of hydrazine groups is 1. The van der Waals surface area contributed by atoms with Gasteiger partial charge in [0.1, 0.15) is 6.04 Å². The van der Waals surface area contributed by atoms with Crippen molar-refractivity contribution in [1.82, 2.24) is 10.4 Å². The van der Waals surface area contributed by atoms with Crippen LogP contribution in [0, 0.1) is 0 Å². The van der Waals surface area contributed by atoms with Crippen molar-refractivity contribution >= 4 is 32.6 Å². The summed E-state index contributed by atoms with van der Waals surface area (Å²) in [4.78, 5) is 15.6. The molecule has 0 aliphatic heterocycles. The Balaban J connectivity index is 2.18. The smallest absolute Gasteiger partial charge is 0.256 e. The first kappa shape index (κ1) is 10.8. The molecule has 0 fully saturated rings. The quantitative estimate of drug-likeness (QED) is 0.423.